The van der Waals surface area contributed by atoms with E-state index < -0.39 is 5.41 Å². The molecule has 0 radical (unpaired) electrons. The van der Waals surface area contributed by atoms with Crippen molar-refractivity contribution in [2.24, 2.45) is 0 Å². The summed E-state index contributed by atoms with van der Waals surface area (Å²) in [6.45, 7) is 0. The van der Waals surface area contributed by atoms with Crippen LogP contribution in [0.5, 0.6) is 0 Å². The highest BCUT2D eigenvalue weighted by Gasteiger charge is 2.46. The summed E-state index contributed by atoms with van der Waals surface area (Å²) in [6.07, 6.45) is 0. The molecule has 8 aromatic carbocycles. The van der Waals surface area contributed by atoms with Crippen molar-refractivity contribution in [3.05, 3.63) is 229 Å². The molecule has 0 saturated heterocycles. The molecule has 0 atom stereocenters. The minimum absolute atomic E-state index is 0.502. The van der Waals surface area contributed by atoms with Crippen LogP contribution in [0.2, 0.25) is 0 Å². The first-order valence-electron chi connectivity index (χ1n) is 19.1. The second-order valence-electron chi connectivity index (χ2n) is 14.4. The SMILES string of the molecule is c1ccc(-c2nc(-c3ccc4c(c3)C(c3ccccc3)(c3ccccc3)c3ccccc3-4)cc(-c3ccccc3-c3cccc4c3sc3ccccc34)n2)cc1. The lowest BCUT2D eigenvalue weighted by atomic mass is 9.67. The maximum atomic E-state index is 5.34. The molecule has 0 amide bonds. The van der Waals surface area contributed by atoms with E-state index in [1.165, 1.54) is 59.1 Å². The van der Waals surface area contributed by atoms with Crippen molar-refractivity contribution in [3.63, 3.8) is 0 Å². The van der Waals surface area contributed by atoms with Crippen LogP contribution in [0.1, 0.15) is 22.3 Å². The Hall–Kier alpha value is -6.94. The number of nitrogens with zero attached hydrogens (tertiary/aromatic N) is 2. The van der Waals surface area contributed by atoms with E-state index in [1.807, 2.05) is 17.4 Å². The van der Waals surface area contributed by atoms with E-state index in [-0.39, 0.29) is 0 Å². The van der Waals surface area contributed by atoms with Gasteiger partial charge < -0.3 is 0 Å². The standard InChI is InChI=1S/C53H34N2S/c1-4-17-35(18-5-1)52-54-48(34-49(55-52)42-25-11-10-23-39(42)44-27-16-28-45-43-26-13-15-30-50(43)56-51(44)45)36-31-32-41-40-24-12-14-29-46(40)53(47(41)33-36,37-19-6-2-7-20-37)38-21-8-3-9-22-38/h1-34H. The fourth-order valence-electron chi connectivity index (χ4n) is 8.95. The van der Waals surface area contributed by atoms with Crippen LogP contribution < -0.4 is 0 Å². The third kappa shape index (κ3) is 5.02. The number of thiophene rings is 1. The Morgan fingerprint density at radius 2 is 0.929 bits per heavy atom. The molecule has 0 bridgehead atoms. The number of fused-ring (bicyclic) bond motifs is 6. The third-order valence-corrected chi connectivity index (χ3v) is 12.6. The number of hydrogen-bond acceptors (Lipinski definition) is 3. The van der Waals surface area contributed by atoms with Crippen molar-refractivity contribution in [3.8, 4) is 56.2 Å². The molecule has 2 nitrogen and oxygen atoms in total. The number of benzene rings is 8. The van der Waals surface area contributed by atoms with Gasteiger partial charge in [-0.2, -0.15) is 0 Å². The van der Waals surface area contributed by atoms with E-state index in [0.29, 0.717) is 5.82 Å². The quantitative estimate of drug-likeness (QED) is 0.170. The van der Waals surface area contributed by atoms with Gasteiger partial charge in [-0.05, 0) is 57.1 Å². The van der Waals surface area contributed by atoms with Crippen LogP contribution in [-0.4, -0.2) is 9.97 Å². The summed E-state index contributed by atoms with van der Waals surface area (Å²) in [4.78, 5) is 10.7. The van der Waals surface area contributed by atoms with Gasteiger partial charge in [-0.3, -0.25) is 0 Å². The van der Waals surface area contributed by atoms with Crippen LogP contribution in [-0.2, 0) is 5.41 Å². The van der Waals surface area contributed by atoms with Crippen molar-refractivity contribution in [2.45, 2.75) is 5.41 Å². The molecular weight excluding hydrogens is 697 g/mol. The molecule has 0 N–H and O–H groups in total. The van der Waals surface area contributed by atoms with Gasteiger partial charge in [0.1, 0.15) is 0 Å². The zero-order valence-electron chi connectivity index (χ0n) is 30.4. The van der Waals surface area contributed by atoms with E-state index in [2.05, 4.69) is 200 Å². The monoisotopic (exact) mass is 730 g/mol. The van der Waals surface area contributed by atoms with Crippen molar-refractivity contribution < 1.29 is 0 Å². The molecule has 56 heavy (non-hydrogen) atoms. The highest BCUT2D eigenvalue weighted by Crippen LogP contribution is 2.56. The summed E-state index contributed by atoms with van der Waals surface area (Å²) in [5.74, 6) is 0.703. The minimum atomic E-state index is -0.502. The van der Waals surface area contributed by atoms with Crippen molar-refractivity contribution >= 4 is 31.5 Å². The van der Waals surface area contributed by atoms with Gasteiger partial charge in [0.2, 0.25) is 0 Å². The zero-order chi connectivity index (χ0) is 37.1. The van der Waals surface area contributed by atoms with Crippen LogP contribution in [0.3, 0.4) is 0 Å². The van der Waals surface area contributed by atoms with Crippen molar-refractivity contribution in [1.82, 2.24) is 9.97 Å². The Morgan fingerprint density at radius 3 is 1.70 bits per heavy atom. The Bertz CT molecular complexity index is 3040. The van der Waals surface area contributed by atoms with Gasteiger partial charge in [-0.25, -0.2) is 9.97 Å². The van der Waals surface area contributed by atoms with Crippen LogP contribution >= 0.6 is 11.3 Å². The lowest BCUT2D eigenvalue weighted by Gasteiger charge is -2.34. The molecule has 0 spiro atoms. The average Bonchev–Trinajstić information content (AvgIpc) is 3.81. The summed E-state index contributed by atoms with van der Waals surface area (Å²) in [6, 6.07) is 74.4. The maximum absolute atomic E-state index is 5.34. The molecular formula is C53H34N2S. The van der Waals surface area contributed by atoms with Crippen molar-refractivity contribution in [2.75, 3.05) is 0 Å². The zero-order valence-corrected chi connectivity index (χ0v) is 31.2. The van der Waals surface area contributed by atoms with Gasteiger partial charge in [-0.1, -0.05) is 188 Å². The largest absolute Gasteiger partial charge is 0.228 e. The lowest BCUT2D eigenvalue weighted by molar-refractivity contribution is 0.768. The van der Waals surface area contributed by atoms with E-state index in [0.717, 1.165) is 33.6 Å². The number of rotatable bonds is 6. The molecule has 3 heteroatoms. The van der Waals surface area contributed by atoms with Gasteiger partial charge in [0, 0.05) is 42.4 Å². The fourth-order valence-corrected chi connectivity index (χ4v) is 10.2. The Morgan fingerprint density at radius 1 is 0.357 bits per heavy atom. The lowest BCUT2D eigenvalue weighted by Crippen LogP contribution is -2.28. The summed E-state index contributed by atoms with van der Waals surface area (Å²) < 4.78 is 2.58. The van der Waals surface area contributed by atoms with Gasteiger partial charge in [0.25, 0.3) is 0 Å². The van der Waals surface area contributed by atoms with Crippen LogP contribution in [0, 0.1) is 0 Å². The fraction of sp³-hybridized carbons (Fsp3) is 0.0189. The van der Waals surface area contributed by atoms with Crippen LogP contribution in [0.15, 0.2) is 206 Å². The number of aromatic nitrogens is 2. The first-order chi connectivity index (χ1) is 27.8. The van der Waals surface area contributed by atoms with E-state index >= 15 is 0 Å². The molecule has 0 aliphatic heterocycles. The van der Waals surface area contributed by atoms with Crippen LogP contribution in [0.4, 0.5) is 0 Å². The summed E-state index contributed by atoms with van der Waals surface area (Å²) >= 11 is 1.86. The van der Waals surface area contributed by atoms with Gasteiger partial charge >= 0.3 is 0 Å². The molecule has 11 rings (SSSR count). The van der Waals surface area contributed by atoms with Gasteiger partial charge in [0.15, 0.2) is 5.82 Å². The molecule has 0 fully saturated rings. The Balaban J connectivity index is 1.15. The van der Waals surface area contributed by atoms with E-state index in [9.17, 15) is 0 Å². The molecule has 0 saturated carbocycles. The highest BCUT2D eigenvalue weighted by molar-refractivity contribution is 7.26. The summed E-state index contributed by atoms with van der Waals surface area (Å²) in [5, 5.41) is 2.58. The normalized spacial score (nSPS) is 12.8. The Kier molecular flexibility index (Phi) is 7.61. The Labute approximate surface area is 330 Å². The van der Waals surface area contributed by atoms with Crippen LogP contribution in [0.25, 0.3) is 76.3 Å². The second-order valence-corrected chi connectivity index (χ2v) is 15.5. The average molecular weight is 731 g/mol. The van der Waals surface area contributed by atoms with E-state index in [1.54, 1.807) is 0 Å². The predicted molar refractivity (Wildman–Crippen MR) is 234 cm³/mol. The molecule has 2 aromatic heterocycles. The minimum Gasteiger partial charge on any atom is -0.228 e. The highest BCUT2D eigenvalue weighted by atomic mass is 32.1. The smallest absolute Gasteiger partial charge is 0.160 e. The molecule has 262 valence electrons. The number of hydrogen-bond donors (Lipinski definition) is 0. The maximum Gasteiger partial charge on any atom is 0.160 e. The molecule has 1 aliphatic rings. The molecule has 1 aliphatic carbocycles. The second kappa shape index (κ2) is 13.1. The van der Waals surface area contributed by atoms with Gasteiger partial charge in [-0.15, -0.1) is 11.3 Å². The molecule has 10 aromatic rings. The van der Waals surface area contributed by atoms with E-state index in [4.69, 9.17) is 9.97 Å². The summed E-state index contributed by atoms with van der Waals surface area (Å²) in [5.41, 5.74) is 14.3. The predicted octanol–water partition coefficient (Wildman–Crippen LogP) is 13.9. The van der Waals surface area contributed by atoms with Gasteiger partial charge in [0.05, 0.1) is 16.8 Å². The first-order valence-corrected chi connectivity index (χ1v) is 19.9. The third-order valence-electron chi connectivity index (χ3n) is 11.4. The first kappa shape index (κ1) is 32.5. The van der Waals surface area contributed by atoms with Crippen molar-refractivity contribution in [1.29, 1.82) is 0 Å². The molecule has 0 unspecified atom stereocenters. The topological polar surface area (TPSA) is 25.8 Å². The molecule has 2 heterocycles. The summed E-state index contributed by atoms with van der Waals surface area (Å²) in [7, 11) is 0.